The van der Waals surface area contributed by atoms with Gasteiger partial charge in [-0.15, -0.1) is 0 Å². The fraction of sp³-hybridized carbons (Fsp3) is 0.0870. The second-order valence-corrected chi connectivity index (χ2v) is 6.82. The Hall–Kier alpha value is -3.93. The summed E-state index contributed by atoms with van der Waals surface area (Å²) in [6.07, 6.45) is 3.31. The number of non-ortho nitro benzene ring substituents is 1. The standard InChI is InChI=1S/C23H17NO5/c1-14-3-5-16(6-4-14)22-13-17(23(25)29-22)12-19-8-10-21(28-19)20-9-7-18(24(26)27)11-15(20)2/h3-13H,1-2H3/b17-12-. The number of hydrogen-bond donors (Lipinski definition) is 0. The first kappa shape index (κ1) is 18.4. The lowest BCUT2D eigenvalue weighted by Gasteiger charge is -2.02. The molecule has 2 aromatic carbocycles. The number of nitro groups is 1. The minimum absolute atomic E-state index is 0.0302. The van der Waals surface area contributed by atoms with Gasteiger partial charge in [-0.05, 0) is 49.8 Å². The highest BCUT2D eigenvalue weighted by Gasteiger charge is 2.22. The van der Waals surface area contributed by atoms with Gasteiger partial charge in [0.25, 0.3) is 5.69 Å². The van der Waals surface area contributed by atoms with Crippen LogP contribution >= 0.6 is 0 Å². The lowest BCUT2D eigenvalue weighted by molar-refractivity contribution is -0.384. The second kappa shape index (κ2) is 7.24. The van der Waals surface area contributed by atoms with Gasteiger partial charge < -0.3 is 9.15 Å². The Kier molecular flexibility index (Phi) is 4.60. The quantitative estimate of drug-likeness (QED) is 0.257. The Morgan fingerprint density at radius 1 is 1.00 bits per heavy atom. The van der Waals surface area contributed by atoms with Crippen LogP contribution in [0, 0.1) is 24.0 Å². The summed E-state index contributed by atoms with van der Waals surface area (Å²) in [7, 11) is 0. The van der Waals surface area contributed by atoms with Gasteiger partial charge in [-0.2, -0.15) is 0 Å². The van der Waals surface area contributed by atoms with Gasteiger partial charge in [-0.25, -0.2) is 4.79 Å². The van der Waals surface area contributed by atoms with Crippen LogP contribution < -0.4 is 0 Å². The second-order valence-electron chi connectivity index (χ2n) is 6.82. The summed E-state index contributed by atoms with van der Waals surface area (Å²) in [5, 5.41) is 10.9. The predicted octanol–water partition coefficient (Wildman–Crippen LogP) is 5.45. The maximum Gasteiger partial charge on any atom is 0.343 e. The number of ether oxygens (including phenoxy) is 1. The van der Waals surface area contributed by atoms with E-state index in [0.717, 1.165) is 22.3 Å². The van der Waals surface area contributed by atoms with Gasteiger partial charge in [0.2, 0.25) is 0 Å². The average molecular weight is 387 g/mol. The average Bonchev–Trinajstić information content (AvgIpc) is 3.29. The number of benzene rings is 2. The summed E-state index contributed by atoms with van der Waals surface area (Å²) >= 11 is 0. The normalized spacial score (nSPS) is 14.8. The number of aryl methyl sites for hydroxylation is 2. The van der Waals surface area contributed by atoms with Gasteiger partial charge in [0.1, 0.15) is 17.3 Å². The van der Waals surface area contributed by atoms with Gasteiger partial charge >= 0.3 is 5.97 Å². The van der Waals surface area contributed by atoms with Crippen LogP contribution in [0.15, 0.2) is 70.7 Å². The van der Waals surface area contributed by atoms with E-state index in [1.54, 1.807) is 37.3 Å². The van der Waals surface area contributed by atoms with Crippen LogP contribution in [0.1, 0.15) is 22.5 Å². The van der Waals surface area contributed by atoms with E-state index in [2.05, 4.69) is 0 Å². The molecule has 2 heterocycles. The zero-order valence-electron chi connectivity index (χ0n) is 15.8. The first-order valence-corrected chi connectivity index (χ1v) is 8.98. The first-order valence-electron chi connectivity index (χ1n) is 8.98. The van der Waals surface area contributed by atoms with E-state index in [4.69, 9.17) is 9.15 Å². The van der Waals surface area contributed by atoms with Gasteiger partial charge in [-0.1, -0.05) is 29.8 Å². The van der Waals surface area contributed by atoms with Crippen molar-refractivity contribution in [1.82, 2.24) is 0 Å². The molecule has 0 N–H and O–H groups in total. The molecule has 1 aromatic heterocycles. The van der Waals surface area contributed by atoms with Crippen LogP contribution in [0.3, 0.4) is 0 Å². The van der Waals surface area contributed by atoms with Crippen molar-refractivity contribution in [2.75, 3.05) is 0 Å². The zero-order chi connectivity index (χ0) is 20.5. The third-order valence-electron chi connectivity index (χ3n) is 4.67. The van der Waals surface area contributed by atoms with Crippen molar-refractivity contribution in [2.45, 2.75) is 13.8 Å². The summed E-state index contributed by atoms with van der Waals surface area (Å²) in [6.45, 7) is 3.78. The number of carbonyl (C=O) groups is 1. The molecule has 6 nitrogen and oxygen atoms in total. The van der Waals surface area contributed by atoms with Crippen molar-refractivity contribution in [2.24, 2.45) is 0 Å². The van der Waals surface area contributed by atoms with Gasteiger partial charge in [0.15, 0.2) is 0 Å². The van der Waals surface area contributed by atoms with Crippen LogP contribution in [-0.2, 0) is 9.53 Å². The molecular formula is C23H17NO5. The molecule has 3 aromatic rings. The summed E-state index contributed by atoms with van der Waals surface area (Å²) in [4.78, 5) is 22.7. The smallest absolute Gasteiger partial charge is 0.343 e. The van der Waals surface area contributed by atoms with Crippen molar-refractivity contribution >= 4 is 23.5 Å². The number of rotatable bonds is 4. The van der Waals surface area contributed by atoms with E-state index in [1.165, 1.54) is 12.1 Å². The zero-order valence-corrected chi connectivity index (χ0v) is 15.8. The summed E-state index contributed by atoms with van der Waals surface area (Å²) < 4.78 is 11.2. The monoisotopic (exact) mass is 387 g/mol. The molecule has 144 valence electrons. The maximum absolute atomic E-state index is 12.2. The number of carbonyl (C=O) groups excluding carboxylic acids is 1. The third kappa shape index (κ3) is 3.73. The Bertz CT molecular complexity index is 1180. The Morgan fingerprint density at radius 2 is 1.76 bits per heavy atom. The number of nitrogens with zero attached hydrogens (tertiary/aromatic N) is 1. The molecule has 0 bridgehead atoms. The van der Waals surface area contributed by atoms with Gasteiger partial charge in [0.05, 0.1) is 10.5 Å². The number of hydrogen-bond acceptors (Lipinski definition) is 5. The topological polar surface area (TPSA) is 82.6 Å². The van der Waals surface area contributed by atoms with Crippen LogP contribution in [0.4, 0.5) is 5.69 Å². The maximum atomic E-state index is 12.2. The Labute approximate surface area is 166 Å². The number of furan rings is 1. The molecule has 0 saturated carbocycles. The molecule has 0 atom stereocenters. The molecule has 4 rings (SSSR count). The molecule has 0 fully saturated rings. The van der Waals surface area contributed by atoms with Crippen molar-refractivity contribution < 1.29 is 18.9 Å². The molecule has 0 saturated heterocycles. The molecule has 1 aliphatic heterocycles. The first-order chi connectivity index (χ1) is 13.9. The molecule has 6 heteroatoms. The highest BCUT2D eigenvalue weighted by atomic mass is 16.6. The van der Waals surface area contributed by atoms with Crippen molar-refractivity contribution in [3.05, 3.63) is 98.8 Å². The van der Waals surface area contributed by atoms with E-state index < -0.39 is 10.9 Å². The molecule has 0 radical (unpaired) electrons. The largest absolute Gasteiger partial charge is 0.457 e. The van der Waals surface area contributed by atoms with Crippen LogP contribution in [0.25, 0.3) is 23.2 Å². The van der Waals surface area contributed by atoms with E-state index in [-0.39, 0.29) is 5.69 Å². The molecule has 0 unspecified atom stereocenters. The number of esters is 1. The SMILES string of the molecule is Cc1ccc(C2=C/C(=C/c3ccc(-c4ccc([N+](=O)[O-])cc4C)o3)C(=O)O2)cc1. The van der Waals surface area contributed by atoms with Crippen molar-refractivity contribution in [1.29, 1.82) is 0 Å². The molecule has 0 amide bonds. The molecule has 29 heavy (non-hydrogen) atoms. The number of cyclic esters (lactones) is 1. The highest BCUT2D eigenvalue weighted by Crippen LogP contribution is 2.31. The van der Waals surface area contributed by atoms with E-state index in [9.17, 15) is 14.9 Å². The van der Waals surface area contributed by atoms with Gasteiger partial charge in [0, 0.05) is 23.3 Å². The molecule has 0 aliphatic carbocycles. The Morgan fingerprint density at radius 3 is 2.45 bits per heavy atom. The van der Waals surface area contributed by atoms with E-state index >= 15 is 0 Å². The van der Waals surface area contributed by atoms with E-state index in [0.29, 0.717) is 22.9 Å². The van der Waals surface area contributed by atoms with Crippen molar-refractivity contribution in [3.63, 3.8) is 0 Å². The molecular weight excluding hydrogens is 370 g/mol. The molecule has 0 spiro atoms. The Balaban J connectivity index is 1.61. The third-order valence-corrected chi connectivity index (χ3v) is 4.67. The fourth-order valence-corrected chi connectivity index (χ4v) is 3.12. The van der Waals surface area contributed by atoms with Gasteiger partial charge in [-0.3, -0.25) is 10.1 Å². The number of nitro benzene ring substituents is 1. The minimum Gasteiger partial charge on any atom is -0.457 e. The predicted molar refractivity (Wildman–Crippen MR) is 109 cm³/mol. The minimum atomic E-state index is -0.440. The lowest BCUT2D eigenvalue weighted by Crippen LogP contribution is -1.96. The van der Waals surface area contributed by atoms with Crippen molar-refractivity contribution in [3.8, 4) is 11.3 Å². The van der Waals surface area contributed by atoms with E-state index in [1.807, 2.05) is 31.2 Å². The molecule has 1 aliphatic rings. The van der Waals surface area contributed by atoms with Crippen LogP contribution in [-0.4, -0.2) is 10.9 Å². The highest BCUT2D eigenvalue weighted by molar-refractivity contribution is 6.04. The van der Waals surface area contributed by atoms with Crippen LogP contribution in [0.5, 0.6) is 0 Å². The summed E-state index contributed by atoms with van der Waals surface area (Å²) in [5.41, 5.74) is 3.86. The fourth-order valence-electron chi connectivity index (χ4n) is 3.12. The lowest BCUT2D eigenvalue weighted by atomic mass is 10.1. The van der Waals surface area contributed by atoms with Crippen LogP contribution in [0.2, 0.25) is 0 Å². The summed E-state index contributed by atoms with van der Waals surface area (Å²) in [6, 6.07) is 15.8. The summed E-state index contributed by atoms with van der Waals surface area (Å²) in [5.74, 6) is 1.12.